The van der Waals surface area contributed by atoms with Crippen molar-refractivity contribution in [2.75, 3.05) is 6.54 Å². The molecule has 3 heteroatoms. The van der Waals surface area contributed by atoms with Crippen LogP contribution in [0.1, 0.15) is 24.1 Å². The van der Waals surface area contributed by atoms with Crippen molar-refractivity contribution in [3.8, 4) is 0 Å². The van der Waals surface area contributed by atoms with Crippen LogP contribution in [0.2, 0.25) is 0 Å². The number of aromatic nitrogens is 1. The molecule has 1 aromatic heterocycles. The first-order valence-corrected chi connectivity index (χ1v) is 6.13. The van der Waals surface area contributed by atoms with Gasteiger partial charge < -0.3 is 5.32 Å². The molecule has 0 bridgehead atoms. The van der Waals surface area contributed by atoms with E-state index >= 15 is 0 Å². The molecule has 1 aromatic carbocycles. The van der Waals surface area contributed by atoms with Gasteiger partial charge in [0.25, 0.3) is 0 Å². The first-order valence-electron chi connectivity index (χ1n) is 6.13. The van der Waals surface area contributed by atoms with E-state index in [-0.39, 0.29) is 11.9 Å². The maximum absolute atomic E-state index is 12.8. The first-order chi connectivity index (χ1) is 8.75. The number of hydrogen-bond acceptors (Lipinski definition) is 2. The van der Waals surface area contributed by atoms with Gasteiger partial charge in [0, 0.05) is 18.4 Å². The summed E-state index contributed by atoms with van der Waals surface area (Å²) in [5.74, 6) is -0.192. The zero-order valence-electron chi connectivity index (χ0n) is 10.4. The molecule has 0 aliphatic rings. The van der Waals surface area contributed by atoms with Crippen LogP contribution in [-0.2, 0) is 6.42 Å². The number of halogens is 1. The Hall–Kier alpha value is -1.74. The maximum Gasteiger partial charge on any atom is 0.123 e. The molecule has 0 saturated carbocycles. The monoisotopic (exact) mass is 244 g/mol. The minimum absolute atomic E-state index is 0.192. The Labute approximate surface area is 107 Å². The number of pyridine rings is 1. The summed E-state index contributed by atoms with van der Waals surface area (Å²) in [5, 5.41) is 3.42. The smallest absolute Gasteiger partial charge is 0.123 e. The van der Waals surface area contributed by atoms with Crippen LogP contribution < -0.4 is 5.32 Å². The van der Waals surface area contributed by atoms with Gasteiger partial charge in [-0.3, -0.25) is 4.98 Å². The molecule has 2 nitrogen and oxygen atoms in total. The number of nitrogens with zero attached hydrogens (tertiary/aromatic N) is 1. The Morgan fingerprint density at radius 1 is 1.11 bits per heavy atom. The number of benzene rings is 1. The second-order valence-electron chi connectivity index (χ2n) is 4.33. The zero-order valence-corrected chi connectivity index (χ0v) is 10.4. The predicted molar refractivity (Wildman–Crippen MR) is 70.8 cm³/mol. The molecule has 0 saturated heterocycles. The Balaban J connectivity index is 1.81. The number of hydrogen-bond donors (Lipinski definition) is 1. The van der Waals surface area contributed by atoms with E-state index in [0.717, 1.165) is 18.5 Å². The molecule has 18 heavy (non-hydrogen) atoms. The topological polar surface area (TPSA) is 24.9 Å². The summed E-state index contributed by atoms with van der Waals surface area (Å²) in [7, 11) is 0. The van der Waals surface area contributed by atoms with E-state index in [4.69, 9.17) is 0 Å². The van der Waals surface area contributed by atoms with Crippen molar-refractivity contribution in [3.63, 3.8) is 0 Å². The van der Waals surface area contributed by atoms with Crippen LogP contribution in [0.15, 0.2) is 48.8 Å². The van der Waals surface area contributed by atoms with Gasteiger partial charge >= 0.3 is 0 Å². The maximum atomic E-state index is 12.8. The third-order valence-electron chi connectivity index (χ3n) is 2.98. The van der Waals surface area contributed by atoms with Gasteiger partial charge in [0.15, 0.2) is 0 Å². The van der Waals surface area contributed by atoms with Crippen LogP contribution in [0.5, 0.6) is 0 Å². The van der Waals surface area contributed by atoms with Crippen LogP contribution >= 0.6 is 0 Å². The third kappa shape index (κ3) is 3.64. The highest BCUT2D eigenvalue weighted by Crippen LogP contribution is 2.12. The van der Waals surface area contributed by atoms with Crippen molar-refractivity contribution in [2.45, 2.75) is 19.4 Å². The van der Waals surface area contributed by atoms with Crippen molar-refractivity contribution in [1.29, 1.82) is 0 Å². The highest BCUT2D eigenvalue weighted by Gasteiger charge is 2.04. The summed E-state index contributed by atoms with van der Waals surface area (Å²) < 4.78 is 12.8. The quantitative estimate of drug-likeness (QED) is 0.874. The average molecular weight is 244 g/mol. The second kappa shape index (κ2) is 6.26. The molecule has 2 aromatic rings. The Bertz CT molecular complexity index is 468. The molecule has 0 radical (unpaired) electrons. The molecular weight excluding hydrogens is 227 g/mol. The fraction of sp³-hybridized carbons (Fsp3) is 0.267. The molecule has 1 atom stereocenters. The van der Waals surface area contributed by atoms with E-state index < -0.39 is 0 Å². The highest BCUT2D eigenvalue weighted by atomic mass is 19.1. The fourth-order valence-electron chi connectivity index (χ4n) is 1.85. The van der Waals surface area contributed by atoms with Crippen molar-refractivity contribution < 1.29 is 4.39 Å². The molecule has 1 heterocycles. The van der Waals surface area contributed by atoms with E-state index in [1.807, 2.05) is 24.3 Å². The van der Waals surface area contributed by atoms with Gasteiger partial charge in [0.2, 0.25) is 0 Å². The van der Waals surface area contributed by atoms with Crippen LogP contribution in [-0.4, -0.2) is 11.5 Å². The molecule has 0 spiro atoms. The van der Waals surface area contributed by atoms with Gasteiger partial charge in [-0.15, -0.1) is 0 Å². The van der Waals surface area contributed by atoms with Crippen LogP contribution in [0.4, 0.5) is 4.39 Å². The SMILES string of the molecule is CC(NCCc1ccncc1)c1ccc(F)cc1. The zero-order chi connectivity index (χ0) is 12.8. The minimum atomic E-state index is -0.192. The summed E-state index contributed by atoms with van der Waals surface area (Å²) in [6.07, 6.45) is 4.57. The van der Waals surface area contributed by atoms with Crippen LogP contribution in [0.3, 0.4) is 0 Å². The van der Waals surface area contributed by atoms with E-state index in [9.17, 15) is 4.39 Å². The average Bonchev–Trinajstić information content (AvgIpc) is 2.40. The lowest BCUT2D eigenvalue weighted by atomic mass is 10.1. The first kappa shape index (κ1) is 12.7. The standard InChI is InChI=1S/C15H17FN2/c1-12(14-2-4-15(16)5-3-14)18-11-8-13-6-9-17-10-7-13/h2-7,9-10,12,18H,8,11H2,1H3. The lowest BCUT2D eigenvalue weighted by molar-refractivity contribution is 0.573. The van der Waals surface area contributed by atoms with Crippen molar-refractivity contribution >= 4 is 0 Å². The highest BCUT2D eigenvalue weighted by molar-refractivity contribution is 5.19. The Morgan fingerprint density at radius 2 is 1.78 bits per heavy atom. The minimum Gasteiger partial charge on any atom is -0.310 e. The molecule has 1 unspecified atom stereocenters. The second-order valence-corrected chi connectivity index (χ2v) is 4.33. The van der Waals surface area contributed by atoms with Gasteiger partial charge in [-0.05, 0) is 55.3 Å². The summed E-state index contributed by atoms with van der Waals surface area (Å²) >= 11 is 0. The van der Waals surface area contributed by atoms with E-state index in [1.54, 1.807) is 12.4 Å². The van der Waals surface area contributed by atoms with Crippen LogP contribution in [0, 0.1) is 5.82 Å². The summed E-state index contributed by atoms with van der Waals surface area (Å²) in [6.45, 7) is 2.97. The summed E-state index contributed by atoms with van der Waals surface area (Å²) in [4.78, 5) is 3.99. The number of rotatable bonds is 5. The van der Waals surface area contributed by atoms with Crippen molar-refractivity contribution in [1.82, 2.24) is 10.3 Å². The Kier molecular flexibility index (Phi) is 4.42. The molecule has 0 fully saturated rings. The molecule has 0 aliphatic carbocycles. The molecule has 0 amide bonds. The largest absolute Gasteiger partial charge is 0.310 e. The van der Waals surface area contributed by atoms with Crippen LogP contribution in [0.25, 0.3) is 0 Å². The molecule has 94 valence electrons. The number of nitrogens with one attached hydrogen (secondary N) is 1. The molecule has 0 aliphatic heterocycles. The summed E-state index contributed by atoms with van der Waals surface area (Å²) in [5.41, 5.74) is 2.37. The van der Waals surface area contributed by atoms with Gasteiger partial charge in [-0.2, -0.15) is 0 Å². The fourth-order valence-corrected chi connectivity index (χ4v) is 1.85. The van der Waals surface area contributed by atoms with E-state index in [0.29, 0.717) is 0 Å². The summed E-state index contributed by atoms with van der Waals surface area (Å²) in [6, 6.07) is 10.9. The molecular formula is C15H17FN2. The van der Waals surface area contributed by atoms with Gasteiger partial charge in [0.05, 0.1) is 0 Å². The van der Waals surface area contributed by atoms with E-state index in [2.05, 4.69) is 17.2 Å². The van der Waals surface area contributed by atoms with Gasteiger partial charge in [0.1, 0.15) is 5.82 Å². The van der Waals surface area contributed by atoms with Gasteiger partial charge in [-0.1, -0.05) is 12.1 Å². The lowest BCUT2D eigenvalue weighted by Gasteiger charge is -2.14. The normalized spacial score (nSPS) is 12.3. The van der Waals surface area contributed by atoms with Gasteiger partial charge in [-0.25, -0.2) is 4.39 Å². The lowest BCUT2D eigenvalue weighted by Crippen LogP contribution is -2.21. The van der Waals surface area contributed by atoms with Crippen molar-refractivity contribution in [2.24, 2.45) is 0 Å². The van der Waals surface area contributed by atoms with Crippen molar-refractivity contribution in [3.05, 3.63) is 65.7 Å². The molecule has 2 rings (SSSR count). The third-order valence-corrected chi connectivity index (χ3v) is 2.98. The van der Waals surface area contributed by atoms with E-state index in [1.165, 1.54) is 17.7 Å². The Morgan fingerprint density at radius 3 is 2.44 bits per heavy atom. The predicted octanol–water partition coefficient (Wildman–Crippen LogP) is 3.11. The molecule has 1 N–H and O–H groups in total.